The van der Waals surface area contributed by atoms with Crippen molar-refractivity contribution in [2.24, 2.45) is 0 Å². The van der Waals surface area contributed by atoms with E-state index in [0.717, 1.165) is 41.5 Å². The molecule has 0 bridgehead atoms. The van der Waals surface area contributed by atoms with E-state index in [1.54, 1.807) is 0 Å². The van der Waals surface area contributed by atoms with Crippen LogP contribution in [0.4, 0.5) is 5.13 Å². The lowest BCUT2D eigenvalue weighted by Gasteiger charge is -2.07. The molecule has 0 saturated heterocycles. The summed E-state index contributed by atoms with van der Waals surface area (Å²) in [7, 11) is 0. The number of amides is 1. The van der Waals surface area contributed by atoms with Gasteiger partial charge in [0, 0.05) is 5.02 Å². The molecule has 6 heteroatoms. The van der Waals surface area contributed by atoms with Gasteiger partial charge in [0.25, 0.3) is 0 Å². The Morgan fingerprint density at radius 2 is 2.24 bits per heavy atom. The van der Waals surface area contributed by atoms with Gasteiger partial charge in [-0.3, -0.25) is 4.79 Å². The number of nitrogens with zero attached hydrogens (tertiary/aromatic N) is 1. The lowest BCUT2D eigenvalue weighted by Crippen LogP contribution is -2.22. The number of unbranched alkanes of at least 4 members (excludes halogenated alkanes) is 1. The summed E-state index contributed by atoms with van der Waals surface area (Å²) < 4.78 is 1.01. The average molecular weight is 390 g/mol. The topological polar surface area (TPSA) is 42.0 Å². The monoisotopic (exact) mass is 388 g/mol. The third-order valence-electron chi connectivity index (χ3n) is 3.25. The second-order valence-corrected chi connectivity index (χ2v) is 7.46. The Morgan fingerprint density at radius 1 is 1.48 bits per heavy atom. The first-order valence-electron chi connectivity index (χ1n) is 7.09. The SMILES string of the molecule is CCCC[C@@H](Br)C(=O)Nc1nc2c(CC)cc(Cl)cc2s1. The maximum atomic E-state index is 12.1. The number of halogens is 2. The Morgan fingerprint density at radius 3 is 2.90 bits per heavy atom. The first kappa shape index (κ1) is 16.7. The minimum Gasteiger partial charge on any atom is -0.301 e. The van der Waals surface area contributed by atoms with Gasteiger partial charge < -0.3 is 5.32 Å². The second-order valence-electron chi connectivity index (χ2n) is 4.88. The molecule has 0 fully saturated rings. The van der Waals surface area contributed by atoms with Crippen molar-refractivity contribution in [1.29, 1.82) is 0 Å². The quantitative estimate of drug-likeness (QED) is 0.672. The van der Waals surface area contributed by atoms with Crippen molar-refractivity contribution >= 4 is 60.1 Å². The molecule has 0 aliphatic carbocycles. The van der Waals surface area contributed by atoms with Gasteiger partial charge in [0.2, 0.25) is 5.91 Å². The zero-order chi connectivity index (χ0) is 15.4. The summed E-state index contributed by atoms with van der Waals surface area (Å²) in [5, 5.41) is 4.23. The van der Waals surface area contributed by atoms with Gasteiger partial charge in [-0.25, -0.2) is 4.98 Å². The van der Waals surface area contributed by atoms with Crippen LogP contribution in [-0.4, -0.2) is 15.7 Å². The second kappa shape index (κ2) is 7.56. The van der Waals surface area contributed by atoms with Crippen LogP contribution in [-0.2, 0) is 11.2 Å². The van der Waals surface area contributed by atoms with Crippen molar-refractivity contribution in [2.45, 2.75) is 44.4 Å². The molecule has 1 N–H and O–H groups in total. The molecule has 1 amide bonds. The van der Waals surface area contributed by atoms with E-state index in [2.05, 4.69) is 40.1 Å². The Balaban J connectivity index is 2.18. The summed E-state index contributed by atoms with van der Waals surface area (Å²) in [4.78, 5) is 16.5. The normalized spacial score (nSPS) is 12.6. The van der Waals surface area contributed by atoms with Gasteiger partial charge in [0.1, 0.15) is 0 Å². The molecule has 0 spiro atoms. The van der Waals surface area contributed by atoms with E-state index < -0.39 is 0 Å². The van der Waals surface area contributed by atoms with Crippen LogP contribution in [0.15, 0.2) is 12.1 Å². The largest absolute Gasteiger partial charge is 0.301 e. The molecule has 3 nitrogen and oxygen atoms in total. The van der Waals surface area contributed by atoms with Crippen molar-refractivity contribution < 1.29 is 4.79 Å². The van der Waals surface area contributed by atoms with E-state index in [0.29, 0.717) is 10.2 Å². The van der Waals surface area contributed by atoms with Gasteiger partial charge >= 0.3 is 0 Å². The summed E-state index contributed by atoms with van der Waals surface area (Å²) in [6, 6.07) is 3.83. The third-order valence-corrected chi connectivity index (χ3v) is 5.25. The molecule has 1 atom stereocenters. The molecule has 1 heterocycles. The van der Waals surface area contributed by atoms with Gasteiger partial charge in [0.05, 0.1) is 15.0 Å². The molecule has 0 aliphatic heterocycles. The van der Waals surface area contributed by atoms with Gasteiger partial charge in [-0.1, -0.05) is 65.6 Å². The van der Waals surface area contributed by atoms with Gasteiger partial charge in [-0.05, 0) is 30.5 Å². The highest BCUT2D eigenvalue weighted by Gasteiger charge is 2.17. The van der Waals surface area contributed by atoms with Crippen LogP contribution in [0.2, 0.25) is 5.02 Å². The molecular weight excluding hydrogens is 372 g/mol. The Kier molecular flexibility index (Phi) is 6.02. The van der Waals surface area contributed by atoms with Crippen LogP contribution < -0.4 is 5.32 Å². The first-order valence-corrected chi connectivity index (χ1v) is 9.20. The van der Waals surface area contributed by atoms with Gasteiger partial charge in [-0.15, -0.1) is 0 Å². The Labute approximate surface area is 142 Å². The molecule has 114 valence electrons. The number of aryl methyl sites for hydroxylation is 1. The van der Waals surface area contributed by atoms with Crippen molar-refractivity contribution in [3.8, 4) is 0 Å². The van der Waals surface area contributed by atoms with E-state index in [9.17, 15) is 4.79 Å². The highest BCUT2D eigenvalue weighted by molar-refractivity contribution is 9.10. The summed E-state index contributed by atoms with van der Waals surface area (Å²) >= 11 is 11.0. The number of aromatic nitrogens is 1. The fraction of sp³-hybridized carbons (Fsp3) is 0.467. The lowest BCUT2D eigenvalue weighted by molar-refractivity contribution is -0.115. The highest BCUT2D eigenvalue weighted by Crippen LogP contribution is 2.32. The predicted molar refractivity (Wildman–Crippen MR) is 94.9 cm³/mol. The molecule has 21 heavy (non-hydrogen) atoms. The number of hydrogen-bond acceptors (Lipinski definition) is 3. The fourth-order valence-corrected chi connectivity index (χ4v) is 3.78. The number of fused-ring (bicyclic) bond motifs is 1. The van der Waals surface area contributed by atoms with Crippen LogP contribution in [0.25, 0.3) is 10.2 Å². The number of thiazole rings is 1. The maximum Gasteiger partial charge on any atom is 0.239 e. The minimum atomic E-state index is -0.168. The minimum absolute atomic E-state index is 0.0355. The number of anilines is 1. The van der Waals surface area contributed by atoms with Crippen LogP contribution in [0.3, 0.4) is 0 Å². The molecule has 0 aliphatic rings. The third kappa shape index (κ3) is 4.18. The van der Waals surface area contributed by atoms with Gasteiger partial charge in [-0.2, -0.15) is 0 Å². The zero-order valence-electron chi connectivity index (χ0n) is 12.1. The van der Waals surface area contributed by atoms with Crippen molar-refractivity contribution in [2.75, 3.05) is 5.32 Å². The van der Waals surface area contributed by atoms with E-state index in [1.165, 1.54) is 11.3 Å². The Hall–Kier alpha value is -0.650. The zero-order valence-corrected chi connectivity index (χ0v) is 15.2. The number of carbonyl (C=O) groups excluding carboxylic acids is 1. The van der Waals surface area contributed by atoms with Crippen molar-refractivity contribution in [1.82, 2.24) is 4.98 Å². The molecule has 2 aromatic rings. The lowest BCUT2D eigenvalue weighted by atomic mass is 10.1. The number of hydrogen-bond donors (Lipinski definition) is 1. The summed E-state index contributed by atoms with van der Waals surface area (Å²) in [6.07, 6.45) is 3.80. The number of benzene rings is 1. The highest BCUT2D eigenvalue weighted by atomic mass is 79.9. The molecular formula is C15H18BrClN2OS. The van der Waals surface area contributed by atoms with E-state index in [-0.39, 0.29) is 10.7 Å². The van der Waals surface area contributed by atoms with Crippen LogP contribution >= 0.6 is 38.9 Å². The number of alkyl halides is 1. The van der Waals surface area contributed by atoms with E-state index in [4.69, 9.17) is 11.6 Å². The first-order chi connectivity index (χ1) is 10.0. The number of rotatable bonds is 6. The molecule has 1 aromatic carbocycles. The molecule has 0 radical (unpaired) electrons. The maximum absolute atomic E-state index is 12.1. The van der Waals surface area contributed by atoms with Crippen LogP contribution in [0, 0.1) is 0 Å². The molecule has 0 unspecified atom stereocenters. The van der Waals surface area contributed by atoms with Crippen molar-refractivity contribution in [3.05, 3.63) is 22.7 Å². The molecule has 1 aromatic heterocycles. The molecule has 2 rings (SSSR count). The average Bonchev–Trinajstić information content (AvgIpc) is 2.85. The van der Waals surface area contributed by atoms with E-state index >= 15 is 0 Å². The predicted octanol–water partition coefficient (Wildman–Crippen LogP) is 5.40. The summed E-state index contributed by atoms with van der Waals surface area (Å²) in [5.74, 6) is -0.0355. The fourth-order valence-electron chi connectivity index (χ4n) is 2.08. The summed E-state index contributed by atoms with van der Waals surface area (Å²) in [5.41, 5.74) is 2.04. The summed E-state index contributed by atoms with van der Waals surface area (Å²) in [6.45, 7) is 4.18. The van der Waals surface area contributed by atoms with Crippen molar-refractivity contribution in [3.63, 3.8) is 0 Å². The Bertz CT molecular complexity index is 644. The standard InChI is InChI=1S/C15H18BrClN2OS/c1-3-5-6-11(16)14(20)19-15-18-13-9(4-2)7-10(17)8-12(13)21-15/h7-8,11H,3-6H2,1-2H3,(H,18,19,20)/t11-/m1/s1. The van der Waals surface area contributed by atoms with Gasteiger partial charge in [0.15, 0.2) is 5.13 Å². The van der Waals surface area contributed by atoms with E-state index in [1.807, 2.05) is 12.1 Å². The molecule has 0 saturated carbocycles. The van der Waals surface area contributed by atoms with Crippen LogP contribution in [0.1, 0.15) is 38.7 Å². The number of carbonyl (C=O) groups is 1. The smallest absolute Gasteiger partial charge is 0.239 e. The number of nitrogens with one attached hydrogen (secondary N) is 1. The van der Waals surface area contributed by atoms with Crippen LogP contribution in [0.5, 0.6) is 0 Å².